The van der Waals surface area contributed by atoms with E-state index < -0.39 is 5.97 Å². The Morgan fingerprint density at radius 2 is 1.75 bits per heavy atom. The van der Waals surface area contributed by atoms with Gasteiger partial charge in [-0.2, -0.15) is 0 Å². The largest absolute Gasteiger partial charge is 0.466 e. The Morgan fingerprint density at radius 3 is 2.06 bits per heavy atom. The molecule has 0 bridgehead atoms. The fraction of sp³-hybridized carbons (Fsp3) is 0.385. The molecule has 0 radical (unpaired) electrons. The lowest BCUT2D eigenvalue weighted by atomic mass is 10.2. The zero-order valence-corrected chi connectivity index (χ0v) is 10.0. The summed E-state index contributed by atoms with van der Waals surface area (Å²) in [7, 11) is 0. The highest BCUT2D eigenvalue weighted by molar-refractivity contribution is 5.94. The van der Waals surface area contributed by atoms with Gasteiger partial charge >= 0.3 is 5.97 Å². The van der Waals surface area contributed by atoms with Crippen molar-refractivity contribution in [3.63, 3.8) is 0 Å². The van der Waals surface area contributed by atoms with E-state index in [1.165, 1.54) is 12.5 Å². The highest BCUT2D eigenvalue weighted by Crippen LogP contribution is 1.92. The number of benzene rings is 1. The van der Waals surface area contributed by atoms with Crippen LogP contribution in [0.4, 0.5) is 0 Å². The van der Waals surface area contributed by atoms with Crippen molar-refractivity contribution in [3.8, 4) is 0 Å². The molecule has 3 heteroatoms. The topological polar surface area (TPSA) is 43.4 Å². The van der Waals surface area contributed by atoms with Crippen molar-refractivity contribution in [3.05, 3.63) is 35.9 Å². The molecule has 0 heterocycles. The monoisotopic (exact) mass is 222 g/mol. The van der Waals surface area contributed by atoms with Crippen molar-refractivity contribution < 1.29 is 14.3 Å². The molecule has 0 N–H and O–H groups in total. The van der Waals surface area contributed by atoms with Crippen molar-refractivity contribution in [2.75, 3.05) is 6.61 Å². The zero-order valence-electron chi connectivity index (χ0n) is 10.0. The van der Waals surface area contributed by atoms with Crippen molar-refractivity contribution in [2.45, 2.75) is 27.2 Å². The van der Waals surface area contributed by atoms with Gasteiger partial charge < -0.3 is 4.74 Å². The summed E-state index contributed by atoms with van der Waals surface area (Å²) in [5.41, 5.74) is 1.32. The summed E-state index contributed by atoms with van der Waals surface area (Å²) in [6.07, 6.45) is -0.103. The summed E-state index contributed by atoms with van der Waals surface area (Å²) in [6, 6.07) is 10.3. The zero-order chi connectivity index (χ0) is 12.4. The average molecular weight is 222 g/mol. The van der Waals surface area contributed by atoms with Crippen LogP contribution in [0.15, 0.2) is 30.3 Å². The van der Waals surface area contributed by atoms with Crippen LogP contribution < -0.4 is 0 Å². The lowest BCUT2D eigenvalue weighted by Crippen LogP contribution is -2.07. The quantitative estimate of drug-likeness (QED) is 0.583. The third-order valence-corrected chi connectivity index (χ3v) is 1.64. The molecule has 0 aliphatic heterocycles. The van der Waals surface area contributed by atoms with Gasteiger partial charge in [0.15, 0.2) is 0 Å². The molecule has 1 aromatic rings. The maximum absolute atomic E-state index is 10.4. The van der Waals surface area contributed by atoms with Gasteiger partial charge in [0.1, 0.15) is 12.2 Å². The van der Waals surface area contributed by atoms with Gasteiger partial charge in [-0.15, -0.1) is 0 Å². The minimum absolute atomic E-state index is 0.103. The molecule has 0 saturated carbocycles. The Kier molecular flexibility index (Phi) is 7.76. The highest BCUT2D eigenvalue weighted by Gasteiger charge is 2.03. The van der Waals surface area contributed by atoms with E-state index in [2.05, 4.69) is 23.8 Å². The molecule has 0 atom stereocenters. The molecule has 1 rings (SSSR count). The number of esters is 1. The van der Waals surface area contributed by atoms with Gasteiger partial charge in [-0.05, 0) is 20.8 Å². The van der Waals surface area contributed by atoms with Gasteiger partial charge in [0.05, 0.1) is 6.61 Å². The number of rotatable bonds is 3. The van der Waals surface area contributed by atoms with Crippen LogP contribution in [0.3, 0.4) is 0 Å². The molecule has 0 unspecified atom stereocenters. The summed E-state index contributed by atoms with van der Waals surface area (Å²) < 4.78 is 4.49. The van der Waals surface area contributed by atoms with Crippen LogP contribution in [-0.2, 0) is 14.3 Å². The maximum Gasteiger partial charge on any atom is 0.313 e. The third-order valence-electron chi connectivity index (χ3n) is 1.64. The molecule has 16 heavy (non-hydrogen) atoms. The van der Waals surface area contributed by atoms with Gasteiger partial charge in [-0.3, -0.25) is 9.59 Å². The molecule has 1 aromatic carbocycles. The molecule has 0 aromatic heterocycles. The maximum atomic E-state index is 10.4. The number of hydrogen-bond acceptors (Lipinski definition) is 3. The molecule has 88 valence electrons. The third kappa shape index (κ3) is 8.94. The Morgan fingerprint density at radius 1 is 1.19 bits per heavy atom. The number of Topliss-reactive ketones (excluding diaryl/α,β-unsaturated/α-hetero) is 1. The van der Waals surface area contributed by atoms with E-state index in [9.17, 15) is 9.59 Å². The lowest BCUT2D eigenvalue weighted by Gasteiger charge is -1.96. The van der Waals surface area contributed by atoms with Crippen LogP contribution in [0, 0.1) is 6.92 Å². The second-order valence-electron chi connectivity index (χ2n) is 3.34. The second-order valence-corrected chi connectivity index (χ2v) is 3.34. The van der Waals surface area contributed by atoms with Crippen LogP contribution >= 0.6 is 0 Å². The first kappa shape index (κ1) is 14.4. The number of ketones is 1. The minimum Gasteiger partial charge on any atom is -0.466 e. The summed E-state index contributed by atoms with van der Waals surface area (Å²) >= 11 is 0. The molecule has 0 saturated heterocycles. The fourth-order valence-corrected chi connectivity index (χ4v) is 0.950. The first-order valence-electron chi connectivity index (χ1n) is 5.23. The molecule has 0 aliphatic carbocycles. The van der Waals surface area contributed by atoms with Crippen LogP contribution in [0.2, 0.25) is 0 Å². The van der Waals surface area contributed by atoms with E-state index in [0.29, 0.717) is 6.61 Å². The average Bonchev–Trinajstić information content (AvgIpc) is 2.18. The first-order chi connectivity index (χ1) is 7.56. The van der Waals surface area contributed by atoms with Crippen LogP contribution in [-0.4, -0.2) is 18.4 Å². The molecule has 0 aliphatic rings. The van der Waals surface area contributed by atoms with E-state index in [1.807, 2.05) is 18.2 Å². The van der Waals surface area contributed by atoms with Gasteiger partial charge in [-0.25, -0.2) is 0 Å². The fourth-order valence-electron chi connectivity index (χ4n) is 0.950. The summed E-state index contributed by atoms with van der Waals surface area (Å²) in [5, 5.41) is 0. The Hall–Kier alpha value is -1.64. The van der Waals surface area contributed by atoms with Crippen molar-refractivity contribution in [1.82, 2.24) is 0 Å². The lowest BCUT2D eigenvalue weighted by molar-refractivity contribution is -0.145. The van der Waals surface area contributed by atoms with E-state index in [1.54, 1.807) is 6.92 Å². The van der Waals surface area contributed by atoms with E-state index in [-0.39, 0.29) is 12.2 Å². The summed E-state index contributed by atoms with van der Waals surface area (Å²) in [4.78, 5) is 20.6. The Labute approximate surface area is 96.4 Å². The summed E-state index contributed by atoms with van der Waals surface area (Å²) in [6.45, 7) is 5.49. The normalized spacial score (nSPS) is 8.69. The smallest absolute Gasteiger partial charge is 0.313 e. The molecule has 0 fully saturated rings. The molecule has 3 nitrogen and oxygen atoms in total. The Balaban J connectivity index is 0.000000288. The van der Waals surface area contributed by atoms with Crippen molar-refractivity contribution >= 4 is 11.8 Å². The SMILES string of the molecule is CCOC(=O)CC(C)=O.Cc1ccccc1. The van der Waals surface area contributed by atoms with E-state index >= 15 is 0 Å². The predicted molar refractivity (Wildman–Crippen MR) is 63.1 cm³/mol. The van der Waals surface area contributed by atoms with Crippen LogP contribution in [0.1, 0.15) is 25.8 Å². The van der Waals surface area contributed by atoms with Crippen molar-refractivity contribution in [1.29, 1.82) is 0 Å². The summed E-state index contributed by atoms with van der Waals surface area (Å²) in [5.74, 6) is -0.599. The molecular formula is C13H18O3. The van der Waals surface area contributed by atoms with E-state index in [0.717, 1.165) is 0 Å². The number of hydrogen-bond donors (Lipinski definition) is 0. The second kappa shape index (κ2) is 8.65. The van der Waals surface area contributed by atoms with Crippen LogP contribution in [0.5, 0.6) is 0 Å². The van der Waals surface area contributed by atoms with Crippen LogP contribution in [0.25, 0.3) is 0 Å². The minimum atomic E-state index is -0.440. The highest BCUT2D eigenvalue weighted by atomic mass is 16.5. The van der Waals surface area contributed by atoms with Gasteiger partial charge in [-0.1, -0.05) is 35.9 Å². The van der Waals surface area contributed by atoms with Crippen molar-refractivity contribution in [2.24, 2.45) is 0 Å². The number of carbonyl (C=O) groups excluding carboxylic acids is 2. The molecular weight excluding hydrogens is 204 g/mol. The number of aryl methyl sites for hydroxylation is 1. The number of carbonyl (C=O) groups is 2. The standard InChI is InChI=1S/C7H8.C6H10O3/c1-7-5-3-2-4-6-7;1-3-9-6(8)4-5(2)7/h2-6H,1H3;3-4H2,1-2H3. The van der Waals surface area contributed by atoms with Gasteiger partial charge in [0.2, 0.25) is 0 Å². The Bertz CT molecular complexity index is 317. The van der Waals surface area contributed by atoms with Gasteiger partial charge in [0, 0.05) is 0 Å². The molecule has 0 spiro atoms. The predicted octanol–water partition coefficient (Wildman–Crippen LogP) is 2.52. The molecule has 0 amide bonds. The number of ether oxygens (including phenoxy) is 1. The van der Waals surface area contributed by atoms with E-state index in [4.69, 9.17) is 0 Å². The first-order valence-corrected chi connectivity index (χ1v) is 5.23. The van der Waals surface area contributed by atoms with Gasteiger partial charge in [0.25, 0.3) is 0 Å².